The van der Waals surface area contributed by atoms with Crippen LogP contribution in [0.3, 0.4) is 0 Å². The summed E-state index contributed by atoms with van der Waals surface area (Å²) in [6.07, 6.45) is 0. The molecule has 9 aromatic carbocycles. The first kappa shape index (κ1) is 34.2. The molecule has 0 saturated heterocycles. The van der Waals surface area contributed by atoms with Crippen molar-refractivity contribution < 1.29 is 4.39 Å². The zero-order valence-electron chi connectivity index (χ0n) is 32.5. The summed E-state index contributed by atoms with van der Waals surface area (Å²) in [5.41, 5.74) is 16.4. The van der Waals surface area contributed by atoms with Gasteiger partial charge in [0.2, 0.25) is 0 Å². The Morgan fingerprint density at radius 3 is 1.66 bits per heavy atom. The van der Waals surface area contributed by atoms with E-state index in [9.17, 15) is 0 Å². The molecule has 0 amide bonds. The highest BCUT2D eigenvalue weighted by atomic mass is 19.1. The van der Waals surface area contributed by atoms with Crippen LogP contribution in [0.4, 0.5) is 21.5 Å². The van der Waals surface area contributed by atoms with Crippen molar-refractivity contribution in [3.63, 3.8) is 0 Å². The number of halogens is 1. The average molecular weight is 746 g/mol. The van der Waals surface area contributed by atoms with E-state index in [0.29, 0.717) is 0 Å². The lowest BCUT2D eigenvalue weighted by Gasteiger charge is -2.35. The van der Waals surface area contributed by atoms with Crippen LogP contribution in [0.1, 0.15) is 47.2 Å². The maximum Gasteiger partial charge on any atom is 0.123 e. The van der Waals surface area contributed by atoms with Gasteiger partial charge >= 0.3 is 0 Å². The quantitative estimate of drug-likeness (QED) is 0.164. The summed E-state index contributed by atoms with van der Waals surface area (Å²) in [6, 6.07) is 73.2. The first-order chi connectivity index (χ1) is 28.4. The van der Waals surface area contributed by atoms with Crippen LogP contribution in [0, 0.1) is 5.82 Å². The summed E-state index contributed by atoms with van der Waals surface area (Å²) >= 11 is 0. The van der Waals surface area contributed by atoms with Crippen molar-refractivity contribution >= 4 is 27.8 Å². The van der Waals surface area contributed by atoms with Crippen LogP contribution >= 0.6 is 0 Å². The van der Waals surface area contributed by atoms with E-state index in [-0.39, 0.29) is 11.2 Å². The van der Waals surface area contributed by atoms with Crippen molar-refractivity contribution in [1.29, 1.82) is 0 Å². The van der Waals surface area contributed by atoms with E-state index < -0.39 is 5.41 Å². The fraction of sp³-hybridized carbons (Fsp3) is 0.0714. The van der Waals surface area contributed by atoms with Gasteiger partial charge in [0.25, 0.3) is 0 Å². The molecule has 0 aliphatic heterocycles. The number of benzene rings is 9. The zero-order chi connectivity index (χ0) is 39.0. The van der Waals surface area contributed by atoms with Crippen LogP contribution in [0.15, 0.2) is 206 Å². The highest BCUT2D eigenvalue weighted by Gasteiger charge is 2.48. The van der Waals surface area contributed by atoms with Gasteiger partial charge in [-0.25, -0.2) is 4.39 Å². The van der Waals surface area contributed by atoms with Gasteiger partial charge < -0.3 is 4.90 Å². The lowest BCUT2D eigenvalue weighted by atomic mass is 9.67. The summed E-state index contributed by atoms with van der Waals surface area (Å²) in [4.78, 5) is 2.45. The fourth-order valence-electron chi connectivity index (χ4n) is 10.2. The molecule has 9 aromatic rings. The first-order valence-corrected chi connectivity index (χ1v) is 20.1. The second kappa shape index (κ2) is 13.0. The molecule has 11 rings (SSSR count). The molecule has 276 valence electrons. The van der Waals surface area contributed by atoms with E-state index in [1.54, 1.807) is 12.1 Å². The summed E-state index contributed by atoms with van der Waals surface area (Å²) in [6.45, 7) is 4.69. The molecular weight excluding hydrogens is 706 g/mol. The van der Waals surface area contributed by atoms with E-state index in [1.165, 1.54) is 33.4 Å². The van der Waals surface area contributed by atoms with Crippen molar-refractivity contribution in [3.8, 4) is 33.4 Å². The Labute approximate surface area is 339 Å². The van der Waals surface area contributed by atoms with Crippen molar-refractivity contribution in [3.05, 3.63) is 245 Å². The summed E-state index contributed by atoms with van der Waals surface area (Å²) in [5.74, 6) is -0.241. The lowest BCUT2D eigenvalue weighted by molar-refractivity contribution is 0.621. The standard InChI is InChI=1S/C56H40FN/c1-55(2)49-25-15-14-22-44(49)45-33-31-43(35-50(45)55)58(42-29-26-38(27-30-42)37-16-6-3-7-17-37)53-36-52-54(47-24-13-12-23-46(47)53)48-32-28-41(57)34-51(48)56(52,39-18-8-4-9-19-39)40-20-10-5-11-21-40/h3-36H,1-2H3. The van der Waals surface area contributed by atoms with Crippen molar-refractivity contribution in [2.75, 3.05) is 4.90 Å². The molecule has 0 atom stereocenters. The molecule has 0 heterocycles. The van der Waals surface area contributed by atoms with Gasteiger partial charge in [0.05, 0.1) is 11.1 Å². The second-order valence-electron chi connectivity index (χ2n) is 16.2. The minimum atomic E-state index is -0.779. The maximum absolute atomic E-state index is 15.7. The third-order valence-corrected chi connectivity index (χ3v) is 12.8. The predicted molar refractivity (Wildman–Crippen MR) is 239 cm³/mol. The van der Waals surface area contributed by atoms with Crippen molar-refractivity contribution in [1.82, 2.24) is 0 Å². The lowest BCUT2D eigenvalue weighted by Crippen LogP contribution is -2.29. The Morgan fingerprint density at radius 1 is 0.397 bits per heavy atom. The SMILES string of the molecule is CC1(C)c2ccccc2-c2ccc(N(c3ccc(-c4ccccc4)cc3)c3cc4c(c5ccccc35)-c3ccc(F)cc3C4(c3ccccc3)c3ccccc3)cc21. The molecule has 1 nitrogen and oxygen atoms in total. The van der Waals surface area contributed by atoms with Crippen LogP contribution < -0.4 is 4.90 Å². The third kappa shape index (κ3) is 4.94. The van der Waals surface area contributed by atoms with E-state index in [1.807, 2.05) is 6.07 Å². The number of anilines is 3. The molecule has 0 radical (unpaired) electrons. The third-order valence-electron chi connectivity index (χ3n) is 12.8. The highest BCUT2D eigenvalue weighted by molar-refractivity contribution is 6.11. The van der Waals surface area contributed by atoms with Gasteiger partial charge in [-0.3, -0.25) is 0 Å². The molecule has 58 heavy (non-hydrogen) atoms. The van der Waals surface area contributed by atoms with Gasteiger partial charge in [-0.1, -0.05) is 178 Å². The minimum absolute atomic E-state index is 0.174. The smallest absolute Gasteiger partial charge is 0.123 e. The van der Waals surface area contributed by atoms with Gasteiger partial charge in [0.1, 0.15) is 5.82 Å². The van der Waals surface area contributed by atoms with Gasteiger partial charge in [-0.15, -0.1) is 0 Å². The van der Waals surface area contributed by atoms with Crippen molar-refractivity contribution in [2.24, 2.45) is 0 Å². The number of nitrogens with zero attached hydrogens (tertiary/aromatic N) is 1. The molecule has 2 aliphatic carbocycles. The zero-order valence-corrected chi connectivity index (χ0v) is 32.5. The van der Waals surface area contributed by atoms with Crippen LogP contribution in [-0.2, 0) is 10.8 Å². The molecule has 0 aromatic heterocycles. The Bertz CT molecular complexity index is 2980. The van der Waals surface area contributed by atoms with Gasteiger partial charge in [0, 0.05) is 22.2 Å². The van der Waals surface area contributed by atoms with Gasteiger partial charge in [0.15, 0.2) is 0 Å². The molecule has 0 fully saturated rings. The summed E-state index contributed by atoms with van der Waals surface area (Å²) in [5, 5.41) is 2.26. The van der Waals surface area contributed by atoms with E-state index in [0.717, 1.165) is 61.2 Å². The number of hydrogen-bond donors (Lipinski definition) is 0. The highest BCUT2D eigenvalue weighted by Crippen LogP contribution is 2.60. The number of fused-ring (bicyclic) bond motifs is 8. The Balaban J connectivity index is 1.23. The largest absolute Gasteiger partial charge is 0.310 e. The van der Waals surface area contributed by atoms with Gasteiger partial charge in [-0.2, -0.15) is 0 Å². The van der Waals surface area contributed by atoms with E-state index >= 15 is 4.39 Å². The molecule has 0 spiro atoms. The van der Waals surface area contributed by atoms with Crippen LogP contribution in [0.2, 0.25) is 0 Å². The first-order valence-electron chi connectivity index (χ1n) is 20.1. The predicted octanol–water partition coefficient (Wildman–Crippen LogP) is 14.8. The topological polar surface area (TPSA) is 3.24 Å². The molecule has 2 aliphatic rings. The number of rotatable bonds is 6. The monoisotopic (exact) mass is 745 g/mol. The van der Waals surface area contributed by atoms with Crippen LogP contribution in [-0.4, -0.2) is 0 Å². The number of hydrogen-bond acceptors (Lipinski definition) is 1. The van der Waals surface area contributed by atoms with E-state index in [2.05, 4.69) is 207 Å². The second-order valence-corrected chi connectivity index (χ2v) is 16.2. The summed E-state index contributed by atoms with van der Waals surface area (Å²) < 4.78 is 15.7. The Morgan fingerprint density at radius 2 is 0.948 bits per heavy atom. The molecular formula is C56H40FN. The van der Waals surface area contributed by atoms with Crippen molar-refractivity contribution in [2.45, 2.75) is 24.7 Å². The Kier molecular flexibility index (Phi) is 7.68. The van der Waals surface area contributed by atoms with E-state index in [4.69, 9.17) is 0 Å². The van der Waals surface area contributed by atoms with Crippen LogP contribution in [0.25, 0.3) is 44.2 Å². The maximum atomic E-state index is 15.7. The van der Waals surface area contributed by atoms with Gasteiger partial charge in [-0.05, 0) is 115 Å². The molecule has 0 unspecified atom stereocenters. The molecule has 0 N–H and O–H groups in total. The average Bonchev–Trinajstić information content (AvgIpc) is 3.70. The summed E-state index contributed by atoms with van der Waals surface area (Å²) in [7, 11) is 0. The molecule has 0 bridgehead atoms. The minimum Gasteiger partial charge on any atom is -0.310 e. The molecule has 0 saturated carbocycles. The fourth-order valence-corrected chi connectivity index (χ4v) is 10.2. The van der Waals surface area contributed by atoms with Crippen LogP contribution in [0.5, 0.6) is 0 Å². The Hall–Kier alpha value is -7.03. The molecule has 2 heteroatoms. The normalized spacial score (nSPS) is 14.1.